The number of halogens is 8. The Morgan fingerprint density at radius 3 is 1.92 bits per heavy atom. The van der Waals surface area contributed by atoms with Crippen LogP contribution in [0.2, 0.25) is 10.4 Å². The molecule has 0 saturated carbocycles. The molecule has 24 heavy (non-hydrogen) atoms. The first-order chi connectivity index (χ1) is 10.8. The van der Waals surface area contributed by atoms with Crippen LogP contribution in [0.15, 0.2) is 22.0 Å². The zero-order valence-electron chi connectivity index (χ0n) is 10.9. The standard InChI is InChI=1S/C5HCl2F3N2.C5H3F3N2O2/c6-3-2(5(8,9)10)1-11-4(7)12-3;6-5(7,8)2-1-9-4(12)10-3(2)11/h1H;1H,(H2,9,10,11,12). The quantitative estimate of drug-likeness (QED) is 0.407. The first-order valence-corrected chi connectivity index (χ1v) is 6.22. The third-order valence-corrected chi connectivity index (χ3v) is 2.61. The molecule has 0 aliphatic rings. The molecule has 0 radical (unpaired) electrons. The smallest absolute Gasteiger partial charge is 0.313 e. The van der Waals surface area contributed by atoms with E-state index in [0.29, 0.717) is 12.4 Å². The third-order valence-electron chi connectivity index (χ3n) is 2.14. The summed E-state index contributed by atoms with van der Waals surface area (Å²) in [5.41, 5.74) is -4.91. The Balaban J connectivity index is 0.000000240. The van der Waals surface area contributed by atoms with Gasteiger partial charge in [-0.1, -0.05) is 11.6 Å². The number of rotatable bonds is 0. The summed E-state index contributed by atoms with van der Waals surface area (Å²) in [5, 5.41) is -1.00. The van der Waals surface area contributed by atoms with E-state index in [1.54, 1.807) is 4.98 Å². The first-order valence-electron chi connectivity index (χ1n) is 5.47. The van der Waals surface area contributed by atoms with Crippen LogP contribution in [0.5, 0.6) is 0 Å². The van der Waals surface area contributed by atoms with E-state index >= 15 is 0 Å². The van der Waals surface area contributed by atoms with Crippen molar-refractivity contribution in [3.8, 4) is 0 Å². The van der Waals surface area contributed by atoms with E-state index in [4.69, 9.17) is 23.2 Å². The molecule has 2 aromatic rings. The highest BCUT2D eigenvalue weighted by Crippen LogP contribution is 2.33. The summed E-state index contributed by atoms with van der Waals surface area (Å²) >= 11 is 10.4. The lowest BCUT2D eigenvalue weighted by Gasteiger charge is -2.06. The molecule has 0 bridgehead atoms. The predicted molar refractivity (Wildman–Crippen MR) is 69.7 cm³/mol. The van der Waals surface area contributed by atoms with Gasteiger partial charge >= 0.3 is 18.0 Å². The maximum absolute atomic E-state index is 12.0. The molecule has 6 nitrogen and oxygen atoms in total. The molecule has 0 aliphatic carbocycles. The van der Waals surface area contributed by atoms with Crippen LogP contribution in [-0.4, -0.2) is 19.9 Å². The average molecular weight is 397 g/mol. The Hall–Kier alpha value is -2.08. The van der Waals surface area contributed by atoms with E-state index < -0.39 is 39.9 Å². The van der Waals surface area contributed by atoms with Gasteiger partial charge in [0, 0.05) is 12.4 Å². The lowest BCUT2D eigenvalue weighted by molar-refractivity contribution is -0.139. The number of nitrogens with zero attached hydrogens (tertiary/aromatic N) is 2. The van der Waals surface area contributed by atoms with Crippen molar-refractivity contribution in [2.24, 2.45) is 0 Å². The van der Waals surface area contributed by atoms with Gasteiger partial charge in [0.15, 0.2) is 0 Å². The fourth-order valence-electron chi connectivity index (χ4n) is 1.15. The van der Waals surface area contributed by atoms with E-state index in [2.05, 4.69) is 9.97 Å². The van der Waals surface area contributed by atoms with Gasteiger partial charge in [-0.3, -0.25) is 9.78 Å². The highest BCUT2D eigenvalue weighted by atomic mass is 35.5. The minimum Gasteiger partial charge on any atom is -0.313 e. The number of hydrogen-bond donors (Lipinski definition) is 2. The van der Waals surface area contributed by atoms with E-state index in [-0.39, 0.29) is 5.28 Å². The summed E-state index contributed by atoms with van der Waals surface area (Å²) in [6.45, 7) is 0. The van der Waals surface area contributed by atoms with Crippen LogP contribution < -0.4 is 11.2 Å². The molecule has 132 valence electrons. The van der Waals surface area contributed by atoms with Gasteiger partial charge in [0.05, 0.1) is 0 Å². The minimum atomic E-state index is -4.74. The Morgan fingerprint density at radius 2 is 1.50 bits per heavy atom. The van der Waals surface area contributed by atoms with Crippen LogP contribution in [0.3, 0.4) is 0 Å². The molecule has 0 saturated heterocycles. The van der Waals surface area contributed by atoms with E-state index in [1.807, 2.05) is 0 Å². The molecule has 0 amide bonds. The molecule has 2 heterocycles. The van der Waals surface area contributed by atoms with Crippen molar-refractivity contribution in [2.75, 3.05) is 0 Å². The Labute approximate surface area is 137 Å². The van der Waals surface area contributed by atoms with E-state index in [9.17, 15) is 35.9 Å². The largest absolute Gasteiger partial charge is 0.423 e. The van der Waals surface area contributed by atoms with Crippen molar-refractivity contribution in [1.82, 2.24) is 19.9 Å². The topological polar surface area (TPSA) is 91.5 Å². The van der Waals surface area contributed by atoms with Crippen molar-refractivity contribution in [1.29, 1.82) is 0 Å². The lowest BCUT2D eigenvalue weighted by atomic mass is 10.3. The number of aromatic amines is 2. The lowest BCUT2D eigenvalue weighted by Crippen LogP contribution is -2.28. The zero-order chi connectivity index (χ0) is 18.7. The second-order valence-electron chi connectivity index (χ2n) is 3.82. The zero-order valence-corrected chi connectivity index (χ0v) is 12.4. The Bertz CT molecular complexity index is 830. The Morgan fingerprint density at radius 1 is 0.958 bits per heavy atom. The van der Waals surface area contributed by atoms with Crippen LogP contribution >= 0.6 is 23.2 Å². The van der Waals surface area contributed by atoms with Crippen molar-refractivity contribution < 1.29 is 26.3 Å². The molecule has 0 aromatic carbocycles. The molecular weight excluding hydrogens is 393 g/mol. The van der Waals surface area contributed by atoms with Crippen molar-refractivity contribution in [2.45, 2.75) is 12.4 Å². The van der Waals surface area contributed by atoms with Gasteiger partial charge in [0.2, 0.25) is 5.28 Å². The molecule has 0 atom stereocenters. The number of nitrogens with one attached hydrogen (secondary N) is 2. The van der Waals surface area contributed by atoms with Gasteiger partial charge in [0.1, 0.15) is 16.3 Å². The molecule has 0 fully saturated rings. The van der Waals surface area contributed by atoms with Gasteiger partial charge in [-0.25, -0.2) is 14.8 Å². The molecule has 2 rings (SSSR count). The van der Waals surface area contributed by atoms with Gasteiger partial charge in [0.25, 0.3) is 5.56 Å². The van der Waals surface area contributed by atoms with Crippen molar-refractivity contribution in [3.63, 3.8) is 0 Å². The molecule has 2 N–H and O–H groups in total. The second-order valence-corrected chi connectivity index (χ2v) is 4.52. The summed E-state index contributed by atoms with van der Waals surface area (Å²) in [7, 11) is 0. The molecule has 2 aromatic heterocycles. The van der Waals surface area contributed by atoms with Crippen molar-refractivity contribution >= 4 is 23.2 Å². The monoisotopic (exact) mass is 396 g/mol. The molecule has 0 aliphatic heterocycles. The number of hydrogen-bond acceptors (Lipinski definition) is 4. The highest BCUT2D eigenvalue weighted by molar-refractivity contribution is 6.32. The number of aromatic nitrogens is 4. The summed E-state index contributed by atoms with van der Waals surface area (Å²) in [6.07, 6.45) is -8.40. The van der Waals surface area contributed by atoms with Crippen LogP contribution in [0.1, 0.15) is 11.1 Å². The summed E-state index contributed by atoms with van der Waals surface area (Å²) < 4.78 is 71.4. The van der Waals surface area contributed by atoms with Gasteiger partial charge < -0.3 is 4.98 Å². The van der Waals surface area contributed by atoms with Gasteiger partial charge in [-0.15, -0.1) is 0 Å². The SMILES string of the molecule is FC(F)(F)c1cnc(Cl)nc1Cl.O=c1[nH]cc(C(F)(F)F)c(=O)[nH]1. The molecule has 0 spiro atoms. The summed E-state index contributed by atoms with van der Waals surface area (Å²) in [5.74, 6) is 0. The van der Waals surface area contributed by atoms with Gasteiger partial charge in [-0.2, -0.15) is 26.3 Å². The van der Waals surface area contributed by atoms with Crippen LogP contribution in [0, 0.1) is 0 Å². The number of H-pyrrole nitrogens is 2. The Kier molecular flexibility index (Phi) is 6.00. The normalized spacial score (nSPS) is 11.7. The maximum atomic E-state index is 12.0. The molecular formula is C10H4Cl2F6N4O2. The van der Waals surface area contributed by atoms with Crippen LogP contribution in [0.25, 0.3) is 0 Å². The maximum Gasteiger partial charge on any atom is 0.423 e. The first kappa shape index (κ1) is 20.0. The van der Waals surface area contributed by atoms with Gasteiger partial charge in [-0.05, 0) is 11.6 Å². The average Bonchev–Trinajstić information content (AvgIpc) is 2.35. The number of alkyl halides is 6. The highest BCUT2D eigenvalue weighted by Gasteiger charge is 2.35. The molecule has 0 unspecified atom stereocenters. The minimum absolute atomic E-state index is 0.312. The van der Waals surface area contributed by atoms with Crippen LogP contribution in [0.4, 0.5) is 26.3 Å². The third kappa shape index (κ3) is 5.53. The fourth-order valence-corrected chi connectivity index (χ4v) is 1.56. The molecule has 14 heteroatoms. The second kappa shape index (κ2) is 7.21. The van der Waals surface area contributed by atoms with E-state index in [1.165, 1.54) is 4.98 Å². The van der Waals surface area contributed by atoms with E-state index in [0.717, 1.165) is 0 Å². The fraction of sp³-hybridized carbons (Fsp3) is 0.200. The van der Waals surface area contributed by atoms with Crippen molar-refractivity contribution in [3.05, 3.63) is 54.8 Å². The summed E-state index contributed by atoms with van der Waals surface area (Å²) in [6, 6.07) is 0. The predicted octanol–water partition coefficient (Wildman–Crippen LogP) is 2.88. The van der Waals surface area contributed by atoms with Crippen LogP contribution in [-0.2, 0) is 12.4 Å². The summed E-state index contributed by atoms with van der Waals surface area (Å²) in [4.78, 5) is 30.3.